The molecule has 24 heavy (non-hydrogen) atoms. The van der Waals surface area contributed by atoms with Crippen LogP contribution in [0.25, 0.3) is 5.65 Å². The van der Waals surface area contributed by atoms with Crippen molar-refractivity contribution in [3.63, 3.8) is 0 Å². The third-order valence-electron chi connectivity index (χ3n) is 3.41. The highest BCUT2D eigenvalue weighted by Gasteiger charge is 2.06. The summed E-state index contributed by atoms with van der Waals surface area (Å²) in [6.45, 7) is 0. The second-order valence-electron chi connectivity index (χ2n) is 5.12. The average molecular weight is 409 g/mol. The summed E-state index contributed by atoms with van der Waals surface area (Å²) in [5, 5.41) is 0. The molecule has 0 bridgehead atoms. The van der Waals surface area contributed by atoms with Crippen LogP contribution in [0.5, 0.6) is 5.75 Å². The van der Waals surface area contributed by atoms with Gasteiger partial charge in [0.1, 0.15) is 5.65 Å². The number of pyridine rings is 1. The van der Waals surface area contributed by atoms with E-state index in [2.05, 4.69) is 20.9 Å². The molecule has 124 valence electrons. The topological polar surface area (TPSA) is 43.6 Å². The minimum Gasteiger partial charge on any atom is -0.494 e. The SMILES string of the molecule is COc1ccc(CSCc2cc(=O)n3cc(Br)ccc3n2)cc1F. The standard InChI is InChI=1S/C17H14BrFN2O2S/c1-23-15-4-2-11(6-14(15)19)9-24-10-13-7-17(22)21-8-12(18)3-5-16(21)20-13/h2-8H,9-10H2,1H3. The minimum atomic E-state index is -0.372. The summed E-state index contributed by atoms with van der Waals surface area (Å²) < 4.78 is 20.9. The van der Waals surface area contributed by atoms with E-state index < -0.39 is 0 Å². The van der Waals surface area contributed by atoms with E-state index in [0.717, 1.165) is 10.0 Å². The first kappa shape index (κ1) is 17.0. The number of benzene rings is 1. The predicted molar refractivity (Wildman–Crippen MR) is 97.1 cm³/mol. The Bertz CT molecular complexity index is 946. The number of hydrogen-bond acceptors (Lipinski definition) is 4. The van der Waals surface area contributed by atoms with Gasteiger partial charge in [-0.15, -0.1) is 0 Å². The Morgan fingerprint density at radius 1 is 1.25 bits per heavy atom. The molecule has 2 aromatic heterocycles. The highest BCUT2D eigenvalue weighted by Crippen LogP contribution is 2.22. The predicted octanol–water partition coefficient (Wildman–Crippen LogP) is 4.04. The van der Waals surface area contributed by atoms with Gasteiger partial charge in [-0.2, -0.15) is 11.8 Å². The van der Waals surface area contributed by atoms with E-state index in [4.69, 9.17) is 4.74 Å². The normalized spacial score (nSPS) is 11.0. The molecule has 0 unspecified atom stereocenters. The lowest BCUT2D eigenvalue weighted by Gasteiger charge is -2.06. The molecule has 0 amide bonds. The fraction of sp³-hybridized carbons (Fsp3) is 0.176. The van der Waals surface area contributed by atoms with E-state index in [1.165, 1.54) is 23.6 Å². The summed E-state index contributed by atoms with van der Waals surface area (Å²) in [4.78, 5) is 16.6. The number of halogens is 2. The zero-order chi connectivity index (χ0) is 17.1. The molecule has 3 aromatic rings. The van der Waals surface area contributed by atoms with Crippen molar-refractivity contribution in [2.75, 3.05) is 7.11 Å². The van der Waals surface area contributed by atoms with Crippen LogP contribution in [0.15, 0.2) is 51.9 Å². The van der Waals surface area contributed by atoms with E-state index in [9.17, 15) is 9.18 Å². The molecule has 0 fully saturated rings. The minimum absolute atomic E-state index is 0.118. The average Bonchev–Trinajstić information content (AvgIpc) is 2.56. The van der Waals surface area contributed by atoms with Gasteiger partial charge in [0.25, 0.3) is 5.56 Å². The lowest BCUT2D eigenvalue weighted by atomic mass is 10.2. The molecule has 1 aromatic carbocycles. The number of ether oxygens (including phenoxy) is 1. The van der Waals surface area contributed by atoms with Crippen LogP contribution < -0.4 is 10.3 Å². The smallest absolute Gasteiger partial charge is 0.258 e. The molecular formula is C17H14BrFN2O2S. The quantitative estimate of drug-likeness (QED) is 0.638. The molecule has 3 rings (SSSR count). The Balaban J connectivity index is 1.71. The van der Waals surface area contributed by atoms with Crippen molar-refractivity contribution in [3.8, 4) is 5.75 Å². The molecule has 2 heterocycles. The molecule has 7 heteroatoms. The summed E-state index contributed by atoms with van der Waals surface area (Å²) in [6, 6.07) is 10.1. The van der Waals surface area contributed by atoms with Crippen LogP contribution in [0.4, 0.5) is 4.39 Å². The number of hydrogen-bond donors (Lipinski definition) is 0. The maximum absolute atomic E-state index is 13.7. The zero-order valence-corrected chi connectivity index (χ0v) is 15.2. The molecule has 0 aliphatic heterocycles. The van der Waals surface area contributed by atoms with Crippen LogP contribution in [-0.2, 0) is 11.5 Å². The Kier molecular flexibility index (Phi) is 5.20. The second-order valence-corrected chi connectivity index (χ2v) is 7.02. The van der Waals surface area contributed by atoms with Crippen molar-refractivity contribution >= 4 is 33.3 Å². The molecule has 0 aliphatic rings. The summed E-state index contributed by atoms with van der Waals surface area (Å²) in [6.07, 6.45) is 1.70. The summed E-state index contributed by atoms with van der Waals surface area (Å²) in [5.41, 5.74) is 2.06. The molecule has 4 nitrogen and oxygen atoms in total. The highest BCUT2D eigenvalue weighted by atomic mass is 79.9. The van der Waals surface area contributed by atoms with E-state index in [-0.39, 0.29) is 17.1 Å². The Morgan fingerprint density at radius 3 is 2.83 bits per heavy atom. The fourth-order valence-corrected chi connectivity index (χ4v) is 3.48. The summed E-state index contributed by atoms with van der Waals surface area (Å²) in [5.74, 6) is 1.07. The lowest BCUT2D eigenvalue weighted by molar-refractivity contribution is 0.386. The molecule has 0 saturated heterocycles. The van der Waals surface area contributed by atoms with Gasteiger partial charge in [-0.3, -0.25) is 9.20 Å². The van der Waals surface area contributed by atoms with Crippen molar-refractivity contribution in [2.24, 2.45) is 0 Å². The van der Waals surface area contributed by atoms with Gasteiger partial charge in [0.05, 0.1) is 12.8 Å². The number of thioether (sulfide) groups is 1. The number of aromatic nitrogens is 2. The Morgan fingerprint density at radius 2 is 2.08 bits per heavy atom. The van der Waals surface area contributed by atoms with Gasteiger partial charge in [0.2, 0.25) is 0 Å². The largest absolute Gasteiger partial charge is 0.494 e. The van der Waals surface area contributed by atoms with Gasteiger partial charge in [-0.05, 0) is 45.8 Å². The third kappa shape index (κ3) is 3.79. The van der Waals surface area contributed by atoms with E-state index in [1.807, 2.05) is 12.1 Å². The monoisotopic (exact) mass is 408 g/mol. The molecular weight excluding hydrogens is 395 g/mol. The number of methoxy groups -OCH3 is 1. The van der Waals surface area contributed by atoms with Crippen LogP contribution >= 0.6 is 27.7 Å². The van der Waals surface area contributed by atoms with Crippen LogP contribution in [0.2, 0.25) is 0 Å². The third-order valence-corrected chi connectivity index (χ3v) is 4.92. The molecule has 0 radical (unpaired) electrons. The molecule has 0 N–H and O–H groups in total. The molecule has 0 atom stereocenters. The maximum Gasteiger partial charge on any atom is 0.258 e. The van der Waals surface area contributed by atoms with Gasteiger partial charge in [0.15, 0.2) is 11.6 Å². The summed E-state index contributed by atoms with van der Waals surface area (Å²) >= 11 is 4.91. The van der Waals surface area contributed by atoms with E-state index in [1.54, 1.807) is 30.1 Å². The van der Waals surface area contributed by atoms with Gasteiger partial charge in [-0.1, -0.05) is 6.07 Å². The molecule has 0 aliphatic carbocycles. The van der Waals surface area contributed by atoms with Gasteiger partial charge >= 0.3 is 0 Å². The van der Waals surface area contributed by atoms with Gasteiger partial charge in [-0.25, -0.2) is 9.37 Å². The summed E-state index contributed by atoms with van der Waals surface area (Å²) in [7, 11) is 1.44. The maximum atomic E-state index is 13.7. The van der Waals surface area contributed by atoms with Gasteiger partial charge < -0.3 is 4.74 Å². The highest BCUT2D eigenvalue weighted by molar-refractivity contribution is 9.10. The first-order valence-corrected chi connectivity index (χ1v) is 9.09. The zero-order valence-electron chi connectivity index (χ0n) is 12.8. The fourth-order valence-electron chi connectivity index (χ4n) is 2.27. The molecule has 0 saturated carbocycles. The molecule has 0 spiro atoms. The first-order valence-electron chi connectivity index (χ1n) is 7.15. The van der Waals surface area contributed by atoms with Crippen LogP contribution in [-0.4, -0.2) is 16.5 Å². The number of nitrogens with zero attached hydrogens (tertiary/aromatic N) is 2. The van der Waals surface area contributed by atoms with Crippen molar-refractivity contribution in [3.05, 3.63) is 74.5 Å². The first-order chi connectivity index (χ1) is 11.6. The van der Waals surface area contributed by atoms with Crippen LogP contribution in [0, 0.1) is 5.82 Å². The van der Waals surface area contributed by atoms with Crippen molar-refractivity contribution < 1.29 is 9.13 Å². The van der Waals surface area contributed by atoms with Gasteiger partial charge in [0, 0.05) is 28.2 Å². The number of rotatable bonds is 5. The lowest BCUT2D eigenvalue weighted by Crippen LogP contribution is -2.15. The van der Waals surface area contributed by atoms with Crippen molar-refractivity contribution in [1.29, 1.82) is 0 Å². The van der Waals surface area contributed by atoms with E-state index in [0.29, 0.717) is 22.8 Å². The second kappa shape index (κ2) is 7.36. The van der Waals surface area contributed by atoms with Crippen LogP contribution in [0.1, 0.15) is 11.3 Å². The van der Waals surface area contributed by atoms with Crippen molar-refractivity contribution in [1.82, 2.24) is 9.38 Å². The number of fused-ring (bicyclic) bond motifs is 1. The van der Waals surface area contributed by atoms with Crippen LogP contribution in [0.3, 0.4) is 0 Å². The Hall–Kier alpha value is -1.86. The van der Waals surface area contributed by atoms with Crippen molar-refractivity contribution in [2.45, 2.75) is 11.5 Å². The Labute approximate surface area is 150 Å². The van der Waals surface area contributed by atoms with E-state index >= 15 is 0 Å².